The summed E-state index contributed by atoms with van der Waals surface area (Å²) in [4.78, 5) is 27.2. The zero-order valence-electron chi connectivity index (χ0n) is 16.9. The highest BCUT2D eigenvalue weighted by atomic mass is 16.5. The molecule has 2 heterocycles. The van der Waals surface area contributed by atoms with Crippen LogP contribution in [0.25, 0.3) is 0 Å². The van der Waals surface area contributed by atoms with Crippen molar-refractivity contribution in [2.24, 2.45) is 0 Å². The van der Waals surface area contributed by atoms with Gasteiger partial charge in [0.05, 0.1) is 18.5 Å². The fourth-order valence-corrected chi connectivity index (χ4v) is 3.26. The molecule has 154 valence electrons. The number of rotatable bonds is 6. The van der Waals surface area contributed by atoms with Crippen molar-refractivity contribution >= 4 is 17.7 Å². The molecule has 1 aliphatic heterocycles. The summed E-state index contributed by atoms with van der Waals surface area (Å²) in [7, 11) is 0. The number of pyridine rings is 1. The molecule has 3 rings (SSSR count). The van der Waals surface area contributed by atoms with Crippen molar-refractivity contribution in [3.05, 3.63) is 41.6 Å². The lowest BCUT2D eigenvalue weighted by atomic mass is 9.85. The Hall–Kier alpha value is -3.29. The second-order valence-electron chi connectivity index (χ2n) is 7.64. The first-order chi connectivity index (χ1) is 13.7. The number of aryl methyl sites for hydroxylation is 1. The predicted octanol–water partition coefficient (Wildman–Crippen LogP) is 3.84. The average Bonchev–Trinajstić information content (AvgIpc) is 3.00. The second kappa shape index (κ2) is 7.98. The van der Waals surface area contributed by atoms with E-state index in [1.165, 1.54) is 6.20 Å². The van der Waals surface area contributed by atoms with Gasteiger partial charge in [0.15, 0.2) is 0 Å². The molecular weight excluding hydrogens is 374 g/mol. The van der Waals surface area contributed by atoms with Crippen molar-refractivity contribution in [1.29, 1.82) is 0 Å². The normalized spacial score (nSPS) is 15.0. The first kappa shape index (κ1) is 20.4. The standard InChI is InChI=1S/C21H25N3O5/c1-5-14(24-20(26)27)19(25)23-13-7-9-16(22-10-13)29-15-8-6-12(2)18-17(15)21(3,4)11-28-18/h6-10,14,24H,5,11H2,1-4H3,(H,23,25)(H,26,27)/t14-/m1/s1. The minimum absolute atomic E-state index is 0.170. The highest BCUT2D eigenvalue weighted by Crippen LogP contribution is 2.46. The van der Waals surface area contributed by atoms with E-state index in [2.05, 4.69) is 29.5 Å². The smallest absolute Gasteiger partial charge is 0.405 e. The fraction of sp³-hybridized carbons (Fsp3) is 0.381. The summed E-state index contributed by atoms with van der Waals surface area (Å²) < 4.78 is 11.8. The molecule has 3 N–H and O–H groups in total. The Kier molecular flexibility index (Phi) is 5.63. The molecule has 0 saturated carbocycles. The third kappa shape index (κ3) is 4.42. The number of aromatic nitrogens is 1. The Morgan fingerprint density at radius 2 is 2.07 bits per heavy atom. The molecule has 0 fully saturated rings. The van der Waals surface area contributed by atoms with Gasteiger partial charge in [-0.15, -0.1) is 0 Å². The van der Waals surface area contributed by atoms with Crippen LogP contribution in [0.3, 0.4) is 0 Å². The highest BCUT2D eigenvalue weighted by molar-refractivity contribution is 5.96. The van der Waals surface area contributed by atoms with Crippen LogP contribution in [0.1, 0.15) is 38.3 Å². The van der Waals surface area contributed by atoms with E-state index in [0.29, 0.717) is 30.3 Å². The summed E-state index contributed by atoms with van der Waals surface area (Å²) in [6, 6.07) is 6.33. The molecule has 2 amide bonds. The van der Waals surface area contributed by atoms with Gasteiger partial charge in [0.25, 0.3) is 0 Å². The molecule has 8 nitrogen and oxygen atoms in total. The van der Waals surface area contributed by atoms with E-state index in [4.69, 9.17) is 14.6 Å². The van der Waals surface area contributed by atoms with Gasteiger partial charge < -0.3 is 25.2 Å². The van der Waals surface area contributed by atoms with Crippen LogP contribution in [-0.2, 0) is 10.2 Å². The van der Waals surface area contributed by atoms with Crippen molar-refractivity contribution in [2.45, 2.75) is 45.6 Å². The molecule has 0 spiro atoms. The molecule has 1 atom stereocenters. The highest BCUT2D eigenvalue weighted by Gasteiger charge is 2.36. The number of nitrogens with one attached hydrogen (secondary N) is 2. The summed E-state index contributed by atoms with van der Waals surface area (Å²) in [5.41, 5.74) is 2.36. The van der Waals surface area contributed by atoms with Crippen LogP contribution >= 0.6 is 0 Å². The molecule has 1 aromatic carbocycles. The molecule has 0 bridgehead atoms. The summed E-state index contributed by atoms with van der Waals surface area (Å²) in [5, 5.41) is 13.6. The third-order valence-electron chi connectivity index (χ3n) is 4.81. The van der Waals surface area contributed by atoms with Gasteiger partial charge in [-0.2, -0.15) is 0 Å². The topological polar surface area (TPSA) is 110 Å². The first-order valence-corrected chi connectivity index (χ1v) is 9.42. The third-order valence-corrected chi connectivity index (χ3v) is 4.81. The zero-order chi connectivity index (χ0) is 21.2. The summed E-state index contributed by atoms with van der Waals surface area (Å²) in [5.74, 6) is 1.48. The van der Waals surface area contributed by atoms with Gasteiger partial charge in [-0.3, -0.25) is 4.79 Å². The molecule has 0 saturated heterocycles. The molecule has 0 radical (unpaired) electrons. The average molecular weight is 399 g/mol. The number of carbonyl (C=O) groups excluding carboxylic acids is 1. The zero-order valence-corrected chi connectivity index (χ0v) is 16.9. The number of fused-ring (bicyclic) bond motifs is 1. The molecule has 1 aromatic heterocycles. The van der Waals surface area contributed by atoms with E-state index in [-0.39, 0.29) is 5.41 Å². The van der Waals surface area contributed by atoms with Gasteiger partial charge in [0.2, 0.25) is 11.8 Å². The number of amides is 2. The van der Waals surface area contributed by atoms with Crippen LogP contribution < -0.4 is 20.1 Å². The van der Waals surface area contributed by atoms with Crippen LogP contribution in [0.4, 0.5) is 10.5 Å². The van der Waals surface area contributed by atoms with E-state index in [1.54, 1.807) is 19.1 Å². The van der Waals surface area contributed by atoms with E-state index in [1.807, 2.05) is 19.1 Å². The molecule has 8 heteroatoms. The summed E-state index contributed by atoms with van der Waals surface area (Å²) in [6.45, 7) is 8.52. The number of ether oxygens (including phenoxy) is 2. The quantitative estimate of drug-likeness (QED) is 0.681. The Morgan fingerprint density at radius 3 is 2.69 bits per heavy atom. The van der Waals surface area contributed by atoms with E-state index in [9.17, 15) is 9.59 Å². The van der Waals surface area contributed by atoms with E-state index < -0.39 is 18.0 Å². The Bertz CT molecular complexity index is 925. The lowest BCUT2D eigenvalue weighted by Crippen LogP contribution is -2.42. The lowest BCUT2D eigenvalue weighted by Gasteiger charge is -2.19. The number of hydrogen-bond acceptors (Lipinski definition) is 5. The number of anilines is 1. The van der Waals surface area contributed by atoms with Crippen molar-refractivity contribution in [3.8, 4) is 17.4 Å². The number of carbonyl (C=O) groups is 2. The van der Waals surface area contributed by atoms with Crippen molar-refractivity contribution in [3.63, 3.8) is 0 Å². The molecule has 29 heavy (non-hydrogen) atoms. The Balaban J connectivity index is 1.73. The van der Waals surface area contributed by atoms with Crippen LogP contribution in [-0.4, -0.2) is 34.7 Å². The van der Waals surface area contributed by atoms with Crippen LogP contribution in [0, 0.1) is 6.92 Å². The molecule has 0 aliphatic carbocycles. The maximum absolute atomic E-state index is 12.2. The van der Waals surface area contributed by atoms with Crippen LogP contribution in [0.2, 0.25) is 0 Å². The van der Waals surface area contributed by atoms with E-state index in [0.717, 1.165) is 16.9 Å². The molecule has 2 aromatic rings. The number of nitrogens with zero attached hydrogens (tertiary/aromatic N) is 1. The van der Waals surface area contributed by atoms with Gasteiger partial charge in [-0.1, -0.05) is 26.8 Å². The van der Waals surface area contributed by atoms with Crippen LogP contribution in [0.5, 0.6) is 17.4 Å². The van der Waals surface area contributed by atoms with Crippen molar-refractivity contribution < 1.29 is 24.2 Å². The molecule has 0 unspecified atom stereocenters. The van der Waals surface area contributed by atoms with Crippen molar-refractivity contribution in [1.82, 2.24) is 10.3 Å². The largest absolute Gasteiger partial charge is 0.492 e. The predicted molar refractivity (Wildman–Crippen MR) is 108 cm³/mol. The summed E-state index contributed by atoms with van der Waals surface area (Å²) >= 11 is 0. The van der Waals surface area contributed by atoms with E-state index >= 15 is 0 Å². The van der Waals surface area contributed by atoms with Crippen LogP contribution in [0.15, 0.2) is 30.5 Å². The maximum atomic E-state index is 12.2. The Morgan fingerprint density at radius 1 is 1.31 bits per heavy atom. The SMILES string of the molecule is CC[C@@H](NC(=O)O)C(=O)Nc1ccc(Oc2ccc(C)c3c2C(C)(C)CO3)nc1. The van der Waals surface area contributed by atoms with Gasteiger partial charge in [0, 0.05) is 17.0 Å². The minimum Gasteiger partial charge on any atom is -0.492 e. The number of benzene rings is 1. The second-order valence-corrected chi connectivity index (χ2v) is 7.64. The van der Waals surface area contributed by atoms with Gasteiger partial charge in [0.1, 0.15) is 17.5 Å². The molecule has 1 aliphatic rings. The number of hydrogen-bond donors (Lipinski definition) is 3. The number of carboxylic acid groups (broad SMARTS) is 1. The first-order valence-electron chi connectivity index (χ1n) is 9.42. The summed E-state index contributed by atoms with van der Waals surface area (Å²) in [6.07, 6.45) is 0.561. The maximum Gasteiger partial charge on any atom is 0.405 e. The monoisotopic (exact) mass is 399 g/mol. The lowest BCUT2D eigenvalue weighted by molar-refractivity contribution is -0.118. The van der Waals surface area contributed by atoms with Crippen molar-refractivity contribution in [2.75, 3.05) is 11.9 Å². The van der Waals surface area contributed by atoms with Gasteiger partial charge >= 0.3 is 6.09 Å². The fourth-order valence-electron chi connectivity index (χ4n) is 3.26. The van der Waals surface area contributed by atoms with Gasteiger partial charge in [-0.25, -0.2) is 9.78 Å². The molecular formula is C21H25N3O5. The minimum atomic E-state index is -1.24. The Labute approximate surface area is 169 Å². The van der Waals surface area contributed by atoms with Gasteiger partial charge in [-0.05, 0) is 31.0 Å².